The fraction of sp³-hybridized carbons (Fsp3) is 0.333. The lowest BCUT2D eigenvalue weighted by atomic mass is 9.96. The lowest BCUT2D eigenvalue weighted by Gasteiger charge is -2.18. The minimum absolute atomic E-state index is 0.0777. The standard InChI is InChI=1S/C21H24N2O6/c1-3-16(17-7-5-4-6-8-17)13-22-21(25)15(2)29-20(24)14-28-19-11-9-18(10-12-19)23(26)27/h4-12,15-16H,3,13-14H2,1-2H3,(H,22,25)/t15-,16+/m1/s1. The second-order valence-corrected chi connectivity index (χ2v) is 6.43. The first kappa shape index (κ1) is 21.9. The molecular weight excluding hydrogens is 376 g/mol. The molecule has 0 saturated carbocycles. The molecule has 1 amide bonds. The van der Waals surface area contributed by atoms with Crippen LogP contribution in [0.5, 0.6) is 5.75 Å². The summed E-state index contributed by atoms with van der Waals surface area (Å²) in [6.07, 6.45) is -0.0992. The van der Waals surface area contributed by atoms with Gasteiger partial charge in [-0.1, -0.05) is 37.3 Å². The third kappa shape index (κ3) is 6.91. The second kappa shape index (κ2) is 10.8. The van der Waals surface area contributed by atoms with Gasteiger partial charge < -0.3 is 14.8 Å². The predicted octanol–water partition coefficient (Wildman–Crippen LogP) is 3.22. The molecule has 8 nitrogen and oxygen atoms in total. The van der Waals surface area contributed by atoms with Gasteiger partial charge in [0, 0.05) is 24.6 Å². The minimum Gasteiger partial charge on any atom is -0.482 e. The smallest absolute Gasteiger partial charge is 0.344 e. The molecule has 0 aromatic heterocycles. The van der Waals surface area contributed by atoms with Gasteiger partial charge in [-0.2, -0.15) is 0 Å². The van der Waals surface area contributed by atoms with E-state index in [0.29, 0.717) is 12.3 Å². The molecule has 2 aromatic rings. The number of nitrogens with one attached hydrogen (secondary N) is 1. The van der Waals surface area contributed by atoms with Crippen molar-refractivity contribution in [3.05, 3.63) is 70.3 Å². The van der Waals surface area contributed by atoms with Crippen molar-refractivity contribution in [2.75, 3.05) is 13.2 Å². The number of non-ortho nitro benzene ring substituents is 1. The Bertz CT molecular complexity index is 823. The molecule has 0 spiro atoms. The van der Waals surface area contributed by atoms with E-state index in [1.807, 2.05) is 37.3 Å². The Morgan fingerprint density at radius 1 is 1.10 bits per heavy atom. The number of nitrogens with zero attached hydrogens (tertiary/aromatic N) is 1. The fourth-order valence-electron chi connectivity index (χ4n) is 2.68. The molecule has 0 saturated heterocycles. The van der Waals surface area contributed by atoms with Gasteiger partial charge in [-0.05, 0) is 31.0 Å². The molecule has 0 aliphatic rings. The zero-order valence-electron chi connectivity index (χ0n) is 16.4. The van der Waals surface area contributed by atoms with Crippen LogP contribution in [0.3, 0.4) is 0 Å². The topological polar surface area (TPSA) is 108 Å². The van der Waals surface area contributed by atoms with Crippen LogP contribution in [-0.2, 0) is 14.3 Å². The van der Waals surface area contributed by atoms with E-state index in [4.69, 9.17) is 9.47 Å². The maximum absolute atomic E-state index is 12.2. The van der Waals surface area contributed by atoms with Crippen LogP contribution in [0.15, 0.2) is 54.6 Å². The number of rotatable bonds is 10. The fourth-order valence-corrected chi connectivity index (χ4v) is 2.68. The van der Waals surface area contributed by atoms with Crippen molar-refractivity contribution in [2.24, 2.45) is 0 Å². The number of esters is 1. The van der Waals surface area contributed by atoms with Crippen molar-refractivity contribution in [2.45, 2.75) is 32.3 Å². The summed E-state index contributed by atoms with van der Waals surface area (Å²) >= 11 is 0. The van der Waals surface area contributed by atoms with Gasteiger partial charge in [-0.25, -0.2) is 4.79 Å². The third-order valence-electron chi connectivity index (χ3n) is 4.37. The molecule has 0 radical (unpaired) electrons. The first-order valence-corrected chi connectivity index (χ1v) is 9.30. The van der Waals surface area contributed by atoms with Gasteiger partial charge in [0.05, 0.1) is 4.92 Å². The normalized spacial score (nSPS) is 12.5. The Balaban J connectivity index is 1.76. The van der Waals surface area contributed by atoms with Gasteiger partial charge >= 0.3 is 5.97 Å². The Morgan fingerprint density at radius 3 is 2.34 bits per heavy atom. The molecule has 2 atom stereocenters. The number of benzene rings is 2. The Labute approximate surface area is 169 Å². The molecule has 1 N–H and O–H groups in total. The molecule has 8 heteroatoms. The molecule has 0 unspecified atom stereocenters. The lowest BCUT2D eigenvalue weighted by molar-refractivity contribution is -0.384. The van der Waals surface area contributed by atoms with Gasteiger partial charge in [-0.15, -0.1) is 0 Å². The number of ether oxygens (including phenoxy) is 2. The number of amides is 1. The maximum atomic E-state index is 12.2. The van der Waals surface area contributed by atoms with Crippen molar-refractivity contribution >= 4 is 17.6 Å². The van der Waals surface area contributed by atoms with E-state index in [9.17, 15) is 19.7 Å². The van der Waals surface area contributed by atoms with Crippen LogP contribution in [0.25, 0.3) is 0 Å². The number of hydrogen-bond acceptors (Lipinski definition) is 6. The van der Waals surface area contributed by atoms with Crippen molar-refractivity contribution in [1.82, 2.24) is 5.32 Å². The Morgan fingerprint density at radius 2 is 1.76 bits per heavy atom. The van der Waals surface area contributed by atoms with Crippen LogP contribution in [0.2, 0.25) is 0 Å². The largest absolute Gasteiger partial charge is 0.482 e. The van der Waals surface area contributed by atoms with Crippen LogP contribution in [0.4, 0.5) is 5.69 Å². The van der Waals surface area contributed by atoms with E-state index < -0.39 is 23.6 Å². The van der Waals surface area contributed by atoms with E-state index in [2.05, 4.69) is 5.32 Å². The summed E-state index contributed by atoms with van der Waals surface area (Å²) in [5.74, 6) is -0.629. The highest BCUT2D eigenvalue weighted by Crippen LogP contribution is 2.18. The van der Waals surface area contributed by atoms with Crippen molar-refractivity contribution in [3.8, 4) is 5.75 Å². The maximum Gasteiger partial charge on any atom is 0.344 e. The highest BCUT2D eigenvalue weighted by atomic mass is 16.6. The average Bonchev–Trinajstić information content (AvgIpc) is 2.73. The van der Waals surface area contributed by atoms with Crippen LogP contribution >= 0.6 is 0 Å². The van der Waals surface area contributed by atoms with Gasteiger partial charge in [-0.3, -0.25) is 14.9 Å². The first-order valence-electron chi connectivity index (χ1n) is 9.30. The minimum atomic E-state index is -0.962. The molecular formula is C21H24N2O6. The van der Waals surface area contributed by atoms with E-state index in [1.165, 1.54) is 31.2 Å². The summed E-state index contributed by atoms with van der Waals surface area (Å²) < 4.78 is 10.3. The molecule has 2 aromatic carbocycles. The zero-order chi connectivity index (χ0) is 21.2. The molecule has 0 heterocycles. The number of carbonyl (C=O) groups is 2. The summed E-state index contributed by atoms with van der Waals surface area (Å²) in [6.45, 7) is 3.57. The summed E-state index contributed by atoms with van der Waals surface area (Å²) in [5, 5.41) is 13.4. The molecule has 29 heavy (non-hydrogen) atoms. The molecule has 154 valence electrons. The number of nitro groups is 1. The summed E-state index contributed by atoms with van der Waals surface area (Å²) in [4.78, 5) is 34.2. The van der Waals surface area contributed by atoms with E-state index in [-0.39, 0.29) is 17.5 Å². The van der Waals surface area contributed by atoms with Gasteiger partial charge in [0.25, 0.3) is 11.6 Å². The van der Waals surface area contributed by atoms with Crippen LogP contribution in [0.1, 0.15) is 31.7 Å². The number of carbonyl (C=O) groups excluding carboxylic acids is 2. The van der Waals surface area contributed by atoms with E-state index in [0.717, 1.165) is 12.0 Å². The van der Waals surface area contributed by atoms with Crippen molar-refractivity contribution < 1.29 is 24.0 Å². The van der Waals surface area contributed by atoms with Gasteiger partial charge in [0.2, 0.25) is 0 Å². The summed E-state index contributed by atoms with van der Waals surface area (Å²) in [7, 11) is 0. The Kier molecular flexibility index (Phi) is 8.14. The van der Waals surface area contributed by atoms with Gasteiger partial charge in [0.1, 0.15) is 5.75 Å². The van der Waals surface area contributed by atoms with Crippen LogP contribution in [-0.4, -0.2) is 36.1 Å². The molecule has 0 aliphatic heterocycles. The first-order chi connectivity index (χ1) is 13.9. The second-order valence-electron chi connectivity index (χ2n) is 6.43. The van der Waals surface area contributed by atoms with E-state index >= 15 is 0 Å². The predicted molar refractivity (Wildman–Crippen MR) is 107 cm³/mol. The van der Waals surface area contributed by atoms with E-state index in [1.54, 1.807) is 0 Å². The summed E-state index contributed by atoms with van der Waals surface area (Å²) in [5.41, 5.74) is 1.06. The molecule has 0 bridgehead atoms. The Hall–Kier alpha value is -3.42. The summed E-state index contributed by atoms with van der Waals surface area (Å²) in [6, 6.07) is 15.2. The molecule has 2 rings (SSSR count). The van der Waals surface area contributed by atoms with Crippen LogP contribution in [0, 0.1) is 10.1 Å². The van der Waals surface area contributed by atoms with Crippen molar-refractivity contribution in [3.63, 3.8) is 0 Å². The number of hydrogen-bond donors (Lipinski definition) is 1. The highest BCUT2D eigenvalue weighted by molar-refractivity contribution is 5.83. The average molecular weight is 400 g/mol. The lowest BCUT2D eigenvalue weighted by Crippen LogP contribution is -2.38. The van der Waals surface area contributed by atoms with Crippen molar-refractivity contribution in [1.29, 1.82) is 0 Å². The number of nitro benzene ring substituents is 1. The SMILES string of the molecule is CC[C@@H](CNC(=O)[C@@H](C)OC(=O)COc1ccc([N+](=O)[O-])cc1)c1ccccc1. The highest BCUT2D eigenvalue weighted by Gasteiger charge is 2.19. The van der Waals surface area contributed by atoms with Gasteiger partial charge in [0.15, 0.2) is 12.7 Å². The van der Waals surface area contributed by atoms with Crippen LogP contribution < -0.4 is 10.1 Å². The molecule has 0 fully saturated rings. The molecule has 0 aliphatic carbocycles. The quantitative estimate of drug-likeness (QED) is 0.373. The monoisotopic (exact) mass is 400 g/mol. The third-order valence-corrected chi connectivity index (χ3v) is 4.37. The zero-order valence-corrected chi connectivity index (χ0v) is 16.4.